The number of fused-ring (bicyclic) bond motifs is 1. The van der Waals surface area contributed by atoms with Crippen molar-refractivity contribution < 1.29 is 0 Å². The average molecular weight is 265 g/mol. The fraction of sp³-hybridized carbons (Fsp3) is 0.368. The van der Waals surface area contributed by atoms with Gasteiger partial charge in [0.25, 0.3) is 0 Å². The molecule has 0 aliphatic carbocycles. The van der Waals surface area contributed by atoms with Gasteiger partial charge in [0.2, 0.25) is 0 Å². The molecule has 2 aromatic rings. The molecule has 1 aliphatic rings. The zero-order valence-electron chi connectivity index (χ0n) is 12.4. The van der Waals surface area contributed by atoms with Gasteiger partial charge in [0.15, 0.2) is 0 Å². The zero-order valence-corrected chi connectivity index (χ0v) is 12.4. The quantitative estimate of drug-likeness (QED) is 0.851. The summed E-state index contributed by atoms with van der Waals surface area (Å²) in [6, 6.07) is 16.1. The van der Waals surface area contributed by atoms with Gasteiger partial charge in [-0.3, -0.25) is 0 Å². The Labute approximate surface area is 122 Å². The molecule has 0 saturated carbocycles. The highest BCUT2D eigenvalue weighted by Gasteiger charge is 2.17. The Morgan fingerprint density at radius 3 is 2.80 bits per heavy atom. The summed E-state index contributed by atoms with van der Waals surface area (Å²) in [5.41, 5.74) is 7.09. The second-order valence-corrected chi connectivity index (χ2v) is 6.01. The van der Waals surface area contributed by atoms with E-state index in [0.717, 1.165) is 0 Å². The van der Waals surface area contributed by atoms with Crippen molar-refractivity contribution in [2.75, 3.05) is 5.32 Å². The molecular formula is C19H23N. The molecule has 1 unspecified atom stereocenters. The Balaban J connectivity index is 1.63. The van der Waals surface area contributed by atoms with Crippen LogP contribution in [0.1, 0.15) is 35.1 Å². The van der Waals surface area contributed by atoms with Gasteiger partial charge in [-0.05, 0) is 62.3 Å². The van der Waals surface area contributed by atoms with E-state index in [1.807, 2.05) is 0 Å². The lowest BCUT2D eigenvalue weighted by molar-refractivity contribution is 0.586. The molecule has 0 aromatic heterocycles. The SMILES string of the molecule is Cc1ccc(CCC2CCc3ccccc3N2)c(C)c1. The number of anilines is 1. The molecule has 0 amide bonds. The Morgan fingerprint density at radius 1 is 1.10 bits per heavy atom. The molecule has 3 rings (SSSR count). The molecule has 104 valence electrons. The second kappa shape index (κ2) is 5.70. The summed E-state index contributed by atoms with van der Waals surface area (Å²) in [6.45, 7) is 4.39. The van der Waals surface area contributed by atoms with E-state index in [2.05, 4.69) is 61.6 Å². The number of aryl methyl sites for hydroxylation is 4. The molecule has 1 heteroatoms. The average Bonchev–Trinajstić information content (AvgIpc) is 2.46. The topological polar surface area (TPSA) is 12.0 Å². The van der Waals surface area contributed by atoms with Crippen LogP contribution in [-0.4, -0.2) is 6.04 Å². The van der Waals surface area contributed by atoms with Crippen LogP contribution in [0.2, 0.25) is 0 Å². The first kappa shape index (κ1) is 13.2. The number of rotatable bonds is 3. The van der Waals surface area contributed by atoms with E-state index in [-0.39, 0.29) is 0 Å². The number of benzene rings is 2. The predicted molar refractivity (Wildman–Crippen MR) is 86.4 cm³/mol. The maximum atomic E-state index is 3.70. The van der Waals surface area contributed by atoms with Crippen LogP contribution in [0.5, 0.6) is 0 Å². The predicted octanol–water partition coefficient (Wildman–Crippen LogP) is 4.66. The number of nitrogens with one attached hydrogen (secondary N) is 1. The van der Waals surface area contributed by atoms with Gasteiger partial charge in [0, 0.05) is 11.7 Å². The van der Waals surface area contributed by atoms with Crippen LogP contribution >= 0.6 is 0 Å². The van der Waals surface area contributed by atoms with Crippen LogP contribution in [0.25, 0.3) is 0 Å². The van der Waals surface area contributed by atoms with Gasteiger partial charge in [0.05, 0.1) is 0 Å². The molecule has 2 aromatic carbocycles. The summed E-state index contributed by atoms with van der Waals surface area (Å²) in [4.78, 5) is 0. The third-order valence-electron chi connectivity index (χ3n) is 4.40. The maximum Gasteiger partial charge on any atom is 0.0374 e. The zero-order chi connectivity index (χ0) is 13.9. The summed E-state index contributed by atoms with van der Waals surface area (Å²) in [7, 11) is 0. The third kappa shape index (κ3) is 2.87. The smallest absolute Gasteiger partial charge is 0.0374 e. The van der Waals surface area contributed by atoms with E-state index in [4.69, 9.17) is 0 Å². The highest BCUT2D eigenvalue weighted by atomic mass is 14.9. The second-order valence-electron chi connectivity index (χ2n) is 6.01. The van der Waals surface area contributed by atoms with E-state index in [1.165, 1.54) is 53.6 Å². The molecule has 1 nitrogen and oxygen atoms in total. The van der Waals surface area contributed by atoms with Crippen LogP contribution in [0.4, 0.5) is 5.69 Å². The monoisotopic (exact) mass is 265 g/mol. The van der Waals surface area contributed by atoms with E-state index >= 15 is 0 Å². The Hall–Kier alpha value is -1.76. The molecule has 1 heterocycles. The van der Waals surface area contributed by atoms with Gasteiger partial charge in [-0.1, -0.05) is 42.0 Å². The summed E-state index contributed by atoms with van der Waals surface area (Å²) in [6.07, 6.45) is 4.85. The summed E-state index contributed by atoms with van der Waals surface area (Å²) in [5.74, 6) is 0. The van der Waals surface area contributed by atoms with Crippen LogP contribution in [0.3, 0.4) is 0 Å². The molecule has 0 spiro atoms. The lowest BCUT2D eigenvalue weighted by Crippen LogP contribution is -2.25. The third-order valence-corrected chi connectivity index (χ3v) is 4.40. The summed E-state index contributed by atoms with van der Waals surface area (Å²) in [5, 5.41) is 3.70. The van der Waals surface area contributed by atoms with Crippen LogP contribution in [0, 0.1) is 13.8 Å². The van der Waals surface area contributed by atoms with Crippen LogP contribution in [0.15, 0.2) is 42.5 Å². The van der Waals surface area contributed by atoms with Crippen molar-refractivity contribution in [3.05, 3.63) is 64.7 Å². The van der Waals surface area contributed by atoms with Crippen molar-refractivity contribution in [3.63, 3.8) is 0 Å². The lowest BCUT2D eigenvalue weighted by Gasteiger charge is -2.27. The van der Waals surface area contributed by atoms with Gasteiger partial charge in [-0.2, -0.15) is 0 Å². The molecule has 0 fully saturated rings. The van der Waals surface area contributed by atoms with Gasteiger partial charge in [-0.25, -0.2) is 0 Å². The van der Waals surface area contributed by atoms with Gasteiger partial charge < -0.3 is 5.32 Å². The first-order valence-corrected chi connectivity index (χ1v) is 7.63. The van der Waals surface area contributed by atoms with Crippen molar-refractivity contribution in [1.82, 2.24) is 0 Å². The first-order valence-electron chi connectivity index (χ1n) is 7.63. The fourth-order valence-corrected chi connectivity index (χ4v) is 3.17. The van der Waals surface area contributed by atoms with Crippen LogP contribution < -0.4 is 5.32 Å². The summed E-state index contributed by atoms with van der Waals surface area (Å²) < 4.78 is 0. The Bertz CT molecular complexity index is 600. The van der Waals surface area contributed by atoms with Crippen molar-refractivity contribution >= 4 is 5.69 Å². The molecule has 1 aliphatic heterocycles. The van der Waals surface area contributed by atoms with Crippen molar-refractivity contribution in [2.45, 2.75) is 45.6 Å². The highest BCUT2D eigenvalue weighted by Crippen LogP contribution is 2.26. The van der Waals surface area contributed by atoms with Gasteiger partial charge in [-0.15, -0.1) is 0 Å². The van der Waals surface area contributed by atoms with E-state index in [1.54, 1.807) is 0 Å². The highest BCUT2D eigenvalue weighted by molar-refractivity contribution is 5.53. The minimum atomic E-state index is 0.616. The number of hydrogen-bond acceptors (Lipinski definition) is 1. The van der Waals surface area contributed by atoms with Gasteiger partial charge in [0.1, 0.15) is 0 Å². The molecule has 1 N–H and O–H groups in total. The lowest BCUT2D eigenvalue weighted by atomic mass is 9.93. The molecule has 1 atom stereocenters. The van der Waals surface area contributed by atoms with Crippen molar-refractivity contribution in [3.8, 4) is 0 Å². The normalized spacial score (nSPS) is 17.4. The molecule has 0 radical (unpaired) electrons. The summed E-state index contributed by atoms with van der Waals surface area (Å²) >= 11 is 0. The molecule has 0 bridgehead atoms. The first-order chi connectivity index (χ1) is 9.72. The standard InChI is InChI=1S/C19H23N/c1-14-7-8-16(15(2)13-14)9-11-18-12-10-17-5-3-4-6-19(17)20-18/h3-8,13,18,20H,9-12H2,1-2H3. The Morgan fingerprint density at radius 2 is 1.95 bits per heavy atom. The molecular weight excluding hydrogens is 242 g/mol. The fourth-order valence-electron chi connectivity index (χ4n) is 3.17. The van der Waals surface area contributed by atoms with Gasteiger partial charge >= 0.3 is 0 Å². The van der Waals surface area contributed by atoms with Crippen LogP contribution in [-0.2, 0) is 12.8 Å². The molecule has 20 heavy (non-hydrogen) atoms. The minimum absolute atomic E-state index is 0.616. The largest absolute Gasteiger partial charge is 0.382 e. The Kier molecular flexibility index (Phi) is 3.77. The number of para-hydroxylation sites is 1. The van der Waals surface area contributed by atoms with Crippen molar-refractivity contribution in [1.29, 1.82) is 0 Å². The number of hydrogen-bond donors (Lipinski definition) is 1. The van der Waals surface area contributed by atoms with Crippen molar-refractivity contribution in [2.24, 2.45) is 0 Å². The van der Waals surface area contributed by atoms with E-state index < -0.39 is 0 Å². The van der Waals surface area contributed by atoms with E-state index in [0.29, 0.717) is 6.04 Å². The molecule has 0 saturated heterocycles. The van der Waals surface area contributed by atoms with E-state index in [9.17, 15) is 0 Å². The minimum Gasteiger partial charge on any atom is -0.382 e. The maximum absolute atomic E-state index is 3.70.